The van der Waals surface area contributed by atoms with E-state index in [2.05, 4.69) is 0 Å². The van der Waals surface area contributed by atoms with Crippen molar-refractivity contribution in [2.24, 2.45) is 23.3 Å². The molecule has 0 atom stereocenters. The topological polar surface area (TPSA) is 52.0 Å². The summed E-state index contributed by atoms with van der Waals surface area (Å²) in [6.07, 6.45) is 7.51. The molecule has 4 aliphatic carbocycles. The Morgan fingerprint density at radius 3 is 1.25 bits per heavy atom. The number of hydrogen-bond donors (Lipinski definition) is 2. The van der Waals surface area contributed by atoms with Crippen LogP contribution in [0.15, 0.2) is 0 Å². The molecule has 4 N–H and O–H groups in total. The van der Waals surface area contributed by atoms with Crippen molar-refractivity contribution in [1.82, 2.24) is 0 Å². The zero-order valence-corrected chi connectivity index (χ0v) is 12.5. The van der Waals surface area contributed by atoms with E-state index in [1.165, 1.54) is 32.1 Å². The van der Waals surface area contributed by atoms with Crippen molar-refractivity contribution in [2.45, 2.75) is 49.6 Å². The minimum atomic E-state index is 0. The summed E-state index contributed by atoms with van der Waals surface area (Å²) in [5, 5.41) is 0. The number of hydrogen-bond acceptors (Lipinski definition) is 2. The first kappa shape index (κ1) is 19.4. The minimum Gasteiger partial charge on any atom is -0.325 e. The second kappa shape index (κ2) is 5.81. The lowest BCUT2D eigenvalue weighted by atomic mass is 9.50. The Bertz CT molecular complexity index is 203. The molecule has 100 valence electrons. The second-order valence-electron chi connectivity index (χ2n) is 5.69. The molecule has 4 fully saturated rings. The van der Waals surface area contributed by atoms with Crippen molar-refractivity contribution in [1.29, 1.82) is 0 Å². The highest BCUT2D eigenvalue weighted by Gasteiger charge is 2.54. The van der Waals surface area contributed by atoms with Gasteiger partial charge in [0.15, 0.2) is 0 Å². The van der Waals surface area contributed by atoms with E-state index < -0.39 is 0 Å². The number of rotatable bonds is 0. The molecule has 0 amide bonds. The van der Waals surface area contributed by atoms with E-state index in [0.717, 1.165) is 18.3 Å². The summed E-state index contributed by atoms with van der Waals surface area (Å²) < 4.78 is 0. The molecule has 4 bridgehead atoms. The molecule has 0 saturated heterocycles. The first-order valence-electron chi connectivity index (χ1n) is 5.15. The van der Waals surface area contributed by atoms with Crippen LogP contribution in [0.2, 0.25) is 0 Å². The van der Waals surface area contributed by atoms with E-state index in [1.807, 2.05) is 0 Å². The summed E-state index contributed by atoms with van der Waals surface area (Å²) >= 11 is 0. The standard InChI is InChI=1S/C10H18N2.4ClH/c11-9-2-7-1-8(4-9)5-10(12,3-7)6-9;;;;/h7-8H,1-6,11-12H2;4*1H. The summed E-state index contributed by atoms with van der Waals surface area (Å²) in [7, 11) is 0. The average molecular weight is 312 g/mol. The third-order valence-electron chi connectivity index (χ3n) is 4.15. The molecule has 0 heterocycles. The van der Waals surface area contributed by atoms with E-state index in [-0.39, 0.29) is 60.7 Å². The molecule has 0 aromatic carbocycles. The fourth-order valence-corrected chi connectivity index (χ4v) is 4.41. The van der Waals surface area contributed by atoms with Gasteiger partial charge in [-0.25, -0.2) is 0 Å². The van der Waals surface area contributed by atoms with Crippen molar-refractivity contribution < 1.29 is 0 Å². The fourth-order valence-electron chi connectivity index (χ4n) is 4.41. The molecule has 4 saturated carbocycles. The van der Waals surface area contributed by atoms with Gasteiger partial charge in [0.05, 0.1) is 0 Å². The van der Waals surface area contributed by atoms with Gasteiger partial charge in [-0.3, -0.25) is 0 Å². The Balaban J connectivity index is 0. The second-order valence-corrected chi connectivity index (χ2v) is 5.69. The lowest BCUT2D eigenvalue weighted by Crippen LogP contribution is -2.66. The number of halogens is 4. The monoisotopic (exact) mass is 310 g/mol. The van der Waals surface area contributed by atoms with Gasteiger partial charge in [0.25, 0.3) is 0 Å². The van der Waals surface area contributed by atoms with Crippen molar-refractivity contribution in [3.63, 3.8) is 0 Å². The summed E-state index contributed by atoms with van der Waals surface area (Å²) in [6.45, 7) is 0. The molecule has 0 spiro atoms. The summed E-state index contributed by atoms with van der Waals surface area (Å²) in [5.41, 5.74) is 12.9. The summed E-state index contributed by atoms with van der Waals surface area (Å²) in [5.74, 6) is 1.72. The van der Waals surface area contributed by atoms with Crippen LogP contribution >= 0.6 is 49.6 Å². The Labute approximate surface area is 122 Å². The van der Waals surface area contributed by atoms with E-state index >= 15 is 0 Å². The SMILES string of the molecule is Cl.Cl.Cl.Cl.NC12CC3CC(C1)CC(N)(C3)C2. The molecule has 6 heteroatoms. The lowest BCUT2D eigenvalue weighted by molar-refractivity contribution is -0.0173. The van der Waals surface area contributed by atoms with Gasteiger partial charge in [-0.1, -0.05) is 0 Å². The lowest BCUT2D eigenvalue weighted by Gasteiger charge is -2.59. The van der Waals surface area contributed by atoms with Crippen LogP contribution in [-0.4, -0.2) is 11.1 Å². The van der Waals surface area contributed by atoms with Gasteiger partial charge >= 0.3 is 0 Å². The van der Waals surface area contributed by atoms with Crippen LogP contribution in [0.1, 0.15) is 38.5 Å². The molecule has 0 aromatic rings. The average Bonchev–Trinajstić information content (AvgIpc) is 1.75. The van der Waals surface area contributed by atoms with Gasteiger partial charge < -0.3 is 11.5 Å². The van der Waals surface area contributed by atoms with E-state index in [9.17, 15) is 0 Å². The maximum Gasteiger partial charge on any atom is 0.0177 e. The molecule has 2 nitrogen and oxygen atoms in total. The quantitative estimate of drug-likeness (QED) is 0.722. The highest BCUT2D eigenvalue weighted by atomic mass is 35.5. The largest absolute Gasteiger partial charge is 0.325 e. The van der Waals surface area contributed by atoms with E-state index in [0.29, 0.717) is 0 Å². The fraction of sp³-hybridized carbons (Fsp3) is 1.00. The highest BCUT2D eigenvalue weighted by molar-refractivity contribution is 5.86. The zero-order chi connectivity index (χ0) is 8.40. The van der Waals surface area contributed by atoms with Crippen LogP contribution in [0.25, 0.3) is 0 Å². The van der Waals surface area contributed by atoms with E-state index in [4.69, 9.17) is 11.5 Å². The van der Waals surface area contributed by atoms with Gasteiger partial charge in [0.1, 0.15) is 0 Å². The first-order chi connectivity index (χ1) is 5.57. The third kappa shape index (κ3) is 3.09. The molecule has 0 radical (unpaired) electrons. The normalized spacial score (nSPS) is 46.9. The van der Waals surface area contributed by atoms with E-state index in [1.54, 1.807) is 0 Å². The van der Waals surface area contributed by atoms with Crippen molar-refractivity contribution in [3.8, 4) is 0 Å². The van der Waals surface area contributed by atoms with Crippen molar-refractivity contribution in [2.75, 3.05) is 0 Å². The maximum atomic E-state index is 6.33. The summed E-state index contributed by atoms with van der Waals surface area (Å²) in [6, 6.07) is 0. The van der Waals surface area contributed by atoms with Crippen molar-refractivity contribution in [3.05, 3.63) is 0 Å². The molecule has 0 aliphatic heterocycles. The Morgan fingerprint density at radius 2 is 1.00 bits per heavy atom. The number of nitrogens with two attached hydrogens (primary N) is 2. The van der Waals surface area contributed by atoms with Gasteiger partial charge in [-0.2, -0.15) is 0 Å². The zero-order valence-electron chi connectivity index (χ0n) is 9.19. The molecular formula is C10H22Cl4N2. The van der Waals surface area contributed by atoms with Gasteiger partial charge in [0.2, 0.25) is 0 Å². The minimum absolute atomic E-state index is 0. The Kier molecular flexibility index (Phi) is 7.06. The third-order valence-corrected chi connectivity index (χ3v) is 4.15. The smallest absolute Gasteiger partial charge is 0.0177 e. The molecule has 4 rings (SSSR count). The highest BCUT2D eigenvalue weighted by Crippen LogP contribution is 2.55. The molecule has 0 aromatic heterocycles. The summed E-state index contributed by atoms with van der Waals surface area (Å²) in [4.78, 5) is 0. The van der Waals surface area contributed by atoms with Crippen LogP contribution in [0.4, 0.5) is 0 Å². The Morgan fingerprint density at radius 1 is 0.688 bits per heavy atom. The predicted molar refractivity (Wildman–Crippen MR) is 77.5 cm³/mol. The molecule has 16 heavy (non-hydrogen) atoms. The van der Waals surface area contributed by atoms with Gasteiger partial charge in [-0.15, -0.1) is 49.6 Å². The van der Waals surface area contributed by atoms with Gasteiger partial charge in [-0.05, 0) is 50.4 Å². The van der Waals surface area contributed by atoms with Crippen LogP contribution in [0, 0.1) is 11.8 Å². The molecule has 4 aliphatic rings. The van der Waals surface area contributed by atoms with Crippen LogP contribution < -0.4 is 11.5 Å². The predicted octanol–water partition coefficient (Wildman–Crippen LogP) is 2.68. The molecular weight excluding hydrogens is 290 g/mol. The first-order valence-corrected chi connectivity index (χ1v) is 5.15. The van der Waals surface area contributed by atoms with Crippen LogP contribution in [0.3, 0.4) is 0 Å². The van der Waals surface area contributed by atoms with Gasteiger partial charge in [0, 0.05) is 11.1 Å². The van der Waals surface area contributed by atoms with Crippen molar-refractivity contribution >= 4 is 49.6 Å². The maximum absolute atomic E-state index is 6.33. The molecule has 0 unspecified atom stereocenters. The van der Waals surface area contributed by atoms with Crippen LogP contribution in [0.5, 0.6) is 0 Å². The van der Waals surface area contributed by atoms with Crippen LogP contribution in [-0.2, 0) is 0 Å². The Hall–Kier alpha value is 1.08.